The number of rotatable bonds is 4. The zero-order valence-corrected chi connectivity index (χ0v) is 13.6. The minimum atomic E-state index is -4.10. The van der Waals surface area contributed by atoms with Crippen LogP contribution in [0, 0.1) is 20.8 Å². The molecular formula is C17H25F3N2. The van der Waals surface area contributed by atoms with E-state index in [-0.39, 0.29) is 12.5 Å². The Morgan fingerprint density at radius 1 is 1.09 bits per heavy atom. The van der Waals surface area contributed by atoms with Crippen LogP contribution in [-0.4, -0.2) is 37.3 Å². The van der Waals surface area contributed by atoms with E-state index >= 15 is 0 Å². The fourth-order valence-corrected chi connectivity index (χ4v) is 3.52. The Bertz CT molecular complexity index is 482. The zero-order valence-electron chi connectivity index (χ0n) is 13.6. The summed E-state index contributed by atoms with van der Waals surface area (Å²) in [6.45, 7) is 9.33. The summed E-state index contributed by atoms with van der Waals surface area (Å²) < 4.78 is 38.2. The lowest BCUT2D eigenvalue weighted by molar-refractivity contribution is -0.138. The van der Waals surface area contributed by atoms with Crippen molar-refractivity contribution in [3.8, 4) is 0 Å². The SMILES string of the molecule is Cc1cc(C)c([C@@H](CCC(F)(F)F)N2CCNCC2)c(C)c1. The number of benzene rings is 1. The maximum Gasteiger partial charge on any atom is 0.389 e. The average Bonchev–Trinajstić information content (AvgIpc) is 2.41. The maximum atomic E-state index is 12.7. The summed E-state index contributed by atoms with van der Waals surface area (Å²) in [7, 11) is 0. The van der Waals surface area contributed by atoms with Crippen molar-refractivity contribution in [1.82, 2.24) is 10.2 Å². The van der Waals surface area contributed by atoms with Crippen LogP contribution in [0.5, 0.6) is 0 Å². The highest BCUT2D eigenvalue weighted by molar-refractivity contribution is 5.39. The van der Waals surface area contributed by atoms with Gasteiger partial charge in [-0.1, -0.05) is 17.7 Å². The van der Waals surface area contributed by atoms with Crippen LogP contribution in [0.4, 0.5) is 13.2 Å². The van der Waals surface area contributed by atoms with Crippen molar-refractivity contribution >= 4 is 0 Å². The summed E-state index contributed by atoms with van der Waals surface area (Å²) in [5.74, 6) is 0. The fourth-order valence-electron chi connectivity index (χ4n) is 3.52. The Kier molecular flexibility index (Phi) is 5.50. The molecule has 1 aliphatic rings. The molecule has 0 amide bonds. The number of alkyl halides is 3. The predicted molar refractivity (Wildman–Crippen MR) is 83.1 cm³/mol. The molecule has 0 saturated carbocycles. The van der Waals surface area contributed by atoms with E-state index in [4.69, 9.17) is 0 Å². The molecule has 0 bridgehead atoms. The second-order valence-electron chi connectivity index (χ2n) is 6.27. The van der Waals surface area contributed by atoms with Crippen LogP contribution in [0.2, 0.25) is 0 Å². The first-order valence-electron chi connectivity index (χ1n) is 7.87. The number of hydrogen-bond acceptors (Lipinski definition) is 2. The molecule has 0 aromatic heterocycles. The molecule has 22 heavy (non-hydrogen) atoms. The van der Waals surface area contributed by atoms with Crippen molar-refractivity contribution in [2.45, 2.75) is 45.8 Å². The average molecular weight is 314 g/mol. The lowest BCUT2D eigenvalue weighted by Crippen LogP contribution is -2.45. The van der Waals surface area contributed by atoms with E-state index in [2.05, 4.69) is 22.3 Å². The normalized spacial score (nSPS) is 18.5. The summed E-state index contributed by atoms with van der Waals surface area (Å²) >= 11 is 0. The van der Waals surface area contributed by atoms with Gasteiger partial charge < -0.3 is 5.32 Å². The van der Waals surface area contributed by atoms with Gasteiger partial charge in [0.2, 0.25) is 0 Å². The van der Waals surface area contributed by atoms with E-state index in [9.17, 15) is 13.2 Å². The minimum Gasteiger partial charge on any atom is -0.314 e. The van der Waals surface area contributed by atoms with Crippen LogP contribution in [0.3, 0.4) is 0 Å². The second kappa shape index (κ2) is 7.01. The number of nitrogens with one attached hydrogen (secondary N) is 1. The Morgan fingerprint density at radius 3 is 2.14 bits per heavy atom. The fraction of sp³-hybridized carbons (Fsp3) is 0.647. The molecule has 0 unspecified atom stereocenters. The van der Waals surface area contributed by atoms with Crippen LogP contribution >= 0.6 is 0 Å². The highest BCUT2D eigenvalue weighted by atomic mass is 19.4. The molecule has 0 radical (unpaired) electrons. The Hall–Kier alpha value is -1.07. The van der Waals surface area contributed by atoms with Crippen molar-refractivity contribution in [1.29, 1.82) is 0 Å². The van der Waals surface area contributed by atoms with Crippen LogP contribution < -0.4 is 5.32 Å². The molecule has 124 valence electrons. The third-order valence-electron chi connectivity index (χ3n) is 4.36. The van der Waals surface area contributed by atoms with Gasteiger partial charge in [-0.3, -0.25) is 4.90 Å². The molecule has 0 spiro atoms. The Morgan fingerprint density at radius 2 is 1.64 bits per heavy atom. The monoisotopic (exact) mass is 314 g/mol. The molecule has 0 aliphatic carbocycles. The van der Waals surface area contributed by atoms with E-state index in [0.717, 1.165) is 48.4 Å². The molecule has 1 N–H and O–H groups in total. The molecule has 1 aliphatic heterocycles. The van der Waals surface area contributed by atoms with Gasteiger partial charge in [0.05, 0.1) is 0 Å². The third kappa shape index (κ3) is 4.46. The topological polar surface area (TPSA) is 15.3 Å². The van der Waals surface area contributed by atoms with Crippen molar-refractivity contribution < 1.29 is 13.2 Å². The number of piperazine rings is 1. The van der Waals surface area contributed by atoms with Gasteiger partial charge in [0.25, 0.3) is 0 Å². The number of aryl methyl sites for hydroxylation is 3. The number of halogens is 3. The summed E-state index contributed by atoms with van der Waals surface area (Å²) in [5, 5.41) is 3.27. The van der Waals surface area contributed by atoms with Crippen molar-refractivity contribution in [2.24, 2.45) is 0 Å². The molecule has 2 rings (SSSR count). The quantitative estimate of drug-likeness (QED) is 0.907. The van der Waals surface area contributed by atoms with E-state index in [1.807, 2.05) is 20.8 Å². The van der Waals surface area contributed by atoms with E-state index in [1.165, 1.54) is 0 Å². The first-order chi connectivity index (χ1) is 10.3. The summed E-state index contributed by atoms with van der Waals surface area (Å²) in [6.07, 6.45) is -4.69. The number of nitrogens with zero attached hydrogens (tertiary/aromatic N) is 1. The lowest BCUT2D eigenvalue weighted by Gasteiger charge is -2.37. The molecular weight excluding hydrogens is 289 g/mol. The van der Waals surface area contributed by atoms with Gasteiger partial charge in [0.15, 0.2) is 0 Å². The molecule has 1 heterocycles. The summed E-state index contributed by atoms with van der Waals surface area (Å²) in [6, 6.07) is 4.00. The summed E-state index contributed by atoms with van der Waals surface area (Å²) in [5.41, 5.74) is 4.44. The van der Waals surface area contributed by atoms with E-state index < -0.39 is 12.6 Å². The van der Waals surface area contributed by atoms with Crippen LogP contribution in [-0.2, 0) is 0 Å². The van der Waals surface area contributed by atoms with Crippen LogP contribution in [0.1, 0.15) is 41.1 Å². The minimum absolute atomic E-state index is 0.133. The van der Waals surface area contributed by atoms with Crippen LogP contribution in [0.25, 0.3) is 0 Å². The standard InChI is InChI=1S/C17H25F3N2/c1-12-10-13(2)16(14(3)11-12)15(4-5-17(18,19)20)22-8-6-21-7-9-22/h10-11,15,21H,4-9H2,1-3H3/t15-/m1/s1. The Labute approximate surface area is 130 Å². The molecule has 1 atom stereocenters. The van der Waals surface area contributed by atoms with Gasteiger partial charge in [-0.2, -0.15) is 13.2 Å². The summed E-state index contributed by atoms with van der Waals surface area (Å²) in [4.78, 5) is 2.20. The number of hydrogen-bond donors (Lipinski definition) is 1. The smallest absolute Gasteiger partial charge is 0.314 e. The predicted octanol–water partition coefficient (Wildman–Crippen LogP) is 3.90. The second-order valence-corrected chi connectivity index (χ2v) is 6.27. The van der Waals surface area contributed by atoms with Gasteiger partial charge in [-0.05, 0) is 43.9 Å². The molecule has 5 heteroatoms. The lowest BCUT2D eigenvalue weighted by atomic mass is 9.90. The van der Waals surface area contributed by atoms with Gasteiger partial charge in [-0.15, -0.1) is 0 Å². The van der Waals surface area contributed by atoms with Crippen LogP contribution in [0.15, 0.2) is 12.1 Å². The maximum absolute atomic E-state index is 12.7. The zero-order chi connectivity index (χ0) is 16.3. The molecule has 1 aromatic carbocycles. The van der Waals surface area contributed by atoms with Crippen molar-refractivity contribution in [3.05, 3.63) is 34.4 Å². The first-order valence-corrected chi connectivity index (χ1v) is 7.87. The molecule has 1 aromatic rings. The highest BCUT2D eigenvalue weighted by Crippen LogP contribution is 2.35. The largest absolute Gasteiger partial charge is 0.389 e. The van der Waals surface area contributed by atoms with E-state index in [0.29, 0.717) is 0 Å². The molecule has 1 fully saturated rings. The Balaban J connectivity index is 2.30. The third-order valence-corrected chi connectivity index (χ3v) is 4.36. The first kappa shape index (κ1) is 17.3. The highest BCUT2D eigenvalue weighted by Gasteiger charge is 2.32. The van der Waals surface area contributed by atoms with Gasteiger partial charge in [-0.25, -0.2) is 0 Å². The van der Waals surface area contributed by atoms with E-state index in [1.54, 1.807) is 0 Å². The molecule has 2 nitrogen and oxygen atoms in total. The van der Waals surface area contributed by atoms with Gasteiger partial charge in [0.1, 0.15) is 0 Å². The van der Waals surface area contributed by atoms with Crippen molar-refractivity contribution in [2.75, 3.05) is 26.2 Å². The van der Waals surface area contributed by atoms with Gasteiger partial charge in [0, 0.05) is 38.6 Å². The van der Waals surface area contributed by atoms with Gasteiger partial charge >= 0.3 is 6.18 Å². The van der Waals surface area contributed by atoms with Crippen molar-refractivity contribution in [3.63, 3.8) is 0 Å². The molecule has 1 saturated heterocycles.